The third-order valence-corrected chi connectivity index (χ3v) is 6.62. The van der Waals surface area contributed by atoms with Crippen LogP contribution in [0.5, 0.6) is 0 Å². The summed E-state index contributed by atoms with van der Waals surface area (Å²) in [5, 5.41) is 16.5. The number of halogens is 1. The lowest BCUT2D eigenvalue weighted by molar-refractivity contribution is -0.139. The number of carbonyl (C=O) groups is 2. The van der Waals surface area contributed by atoms with Crippen molar-refractivity contribution in [3.63, 3.8) is 0 Å². The van der Waals surface area contributed by atoms with Crippen LogP contribution in [0.1, 0.15) is 55.4 Å². The largest absolute Gasteiger partial charge is 0.480 e. The number of nitrogens with one attached hydrogen (secondary N) is 2. The molecule has 0 saturated carbocycles. The van der Waals surface area contributed by atoms with Gasteiger partial charge in [-0.25, -0.2) is 4.39 Å². The minimum atomic E-state index is -1.11. The lowest BCUT2D eigenvalue weighted by Gasteiger charge is -2.37. The van der Waals surface area contributed by atoms with E-state index in [2.05, 4.69) is 31.4 Å². The summed E-state index contributed by atoms with van der Waals surface area (Å²) in [4.78, 5) is 26.1. The minimum Gasteiger partial charge on any atom is -0.480 e. The molecule has 6 heteroatoms. The number of carbonyl (C=O) groups excluding carboxylic acids is 1. The predicted octanol–water partition coefficient (Wildman–Crippen LogP) is 4.28. The number of fused-ring (bicyclic) bond motifs is 2. The fourth-order valence-electron chi connectivity index (χ4n) is 5.41. The van der Waals surface area contributed by atoms with Crippen molar-refractivity contribution in [1.82, 2.24) is 5.32 Å². The van der Waals surface area contributed by atoms with E-state index in [1.165, 1.54) is 6.07 Å². The van der Waals surface area contributed by atoms with Crippen molar-refractivity contribution >= 4 is 17.6 Å². The molecule has 0 aromatic heterocycles. The third-order valence-electron chi connectivity index (χ3n) is 6.62. The fourth-order valence-corrected chi connectivity index (χ4v) is 5.41. The SMILES string of the molecule is Cc1ccc2c(c1)NC(=O)[C@@]21C(CC(C)(C)C)N[C@@H](C(=O)O)C1c1ccc(F)c(C)c1. The molecule has 1 fully saturated rings. The van der Waals surface area contributed by atoms with Crippen LogP contribution in [0, 0.1) is 25.1 Å². The van der Waals surface area contributed by atoms with Crippen LogP contribution >= 0.6 is 0 Å². The second-order valence-corrected chi connectivity index (χ2v) is 10.2. The Labute approximate surface area is 182 Å². The van der Waals surface area contributed by atoms with Crippen LogP contribution in [-0.4, -0.2) is 29.1 Å². The molecule has 31 heavy (non-hydrogen) atoms. The molecule has 2 aliphatic rings. The van der Waals surface area contributed by atoms with E-state index in [0.29, 0.717) is 17.5 Å². The first kappa shape index (κ1) is 21.5. The number of benzene rings is 2. The number of amides is 1. The molecule has 4 atom stereocenters. The van der Waals surface area contributed by atoms with Crippen molar-refractivity contribution in [1.29, 1.82) is 0 Å². The number of rotatable bonds is 3. The maximum atomic E-state index is 14.1. The molecule has 2 aliphatic heterocycles. The van der Waals surface area contributed by atoms with Gasteiger partial charge >= 0.3 is 5.97 Å². The van der Waals surface area contributed by atoms with E-state index in [0.717, 1.165) is 16.8 Å². The van der Waals surface area contributed by atoms with Crippen molar-refractivity contribution in [2.24, 2.45) is 5.41 Å². The molecule has 4 rings (SSSR count). The second kappa shape index (κ2) is 7.16. The average molecular weight is 425 g/mol. The molecule has 0 aliphatic carbocycles. The first-order valence-corrected chi connectivity index (χ1v) is 10.6. The van der Waals surface area contributed by atoms with Gasteiger partial charge in [0.05, 0.1) is 0 Å². The molecule has 2 unspecified atom stereocenters. The monoisotopic (exact) mass is 424 g/mol. The molecule has 1 amide bonds. The van der Waals surface area contributed by atoms with Gasteiger partial charge in [0, 0.05) is 17.6 Å². The predicted molar refractivity (Wildman–Crippen MR) is 118 cm³/mol. The number of hydrogen-bond acceptors (Lipinski definition) is 3. The summed E-state index contributed by atoms with van der Waals surface area (Å²) in [6.45, 7) is 9.85. The molecule has 0 radical (unpaired) electrons. The molecular weight excluding hydrogens is 395 g/mol. The maximum absolute atomic E-state index is 14.1. The van der Waals surface area contributed by atoms with Crippen LogP contribution in [0.4, 0.5) is 10.1 Å². The Hall–Kier alpha value is -2.73. The van der Waals surface area contributed by atoms with E-state index < -0.39 is 29.4 Å². The zero-order valence-electron chi connectivity index (χ0n) is 18.5. The molecule has 164 valence electrons. The topological polar surface area (TPSA) is 78.4 Å². The van der Waals surface area contributed by atoms with Crippen molar-refractivity contribution in [3.8, 4) is 0 Å². The van der Waals surface area contributed by atoms with E-state index in [9.17, 15) is 19.1 Å². The number of carboxylic acids is 1. The summed E-state index contributed by atoms with van der Waals surface area (Å²) < 4.78 is 14.1. The van der Waals surface area contributed by atoms with Crippen LogP contribution in [0.2, 0.25) is 0 Å². The van der Waals surface area contributed by atoms with Crippen LogP contribution < -0.4 is 10.6 Å². The van der Waals surface area contributed by atoms with Gasteiger partial charge < -0.3 is 10.4 Å². The fraction of sp³-hybridized carbons (Fsp3) is 0.440. The Morgan fingerprint density at radius 2 is 1.87 bits per heavy atom. The first-order chi connectivity index (χ1) is 14.4. The maximum Gasteiger partial charge on any atom is 0.321 e. The number of carboxylic acid groups (broad SMARTS) is 1. The normalized spacial score (nSPS) is 27.4. The standard InChI is InChI=1S/C25H29FN2O3/c1-13-6-8-16-18(10-13)27-23(31)25(16)19(12-24(3,4)5)28-21(22(29)30)20(25)15-7-9-17(26)14(2)11-15/h6-11,19-21,28H,12H2,1-5H3,(H,27,31)(H,29,30)/t19?,20?,21-,25-/m1/s1. The van der Waals surface area contributed by atoms with E-state index in [1.807, 2.05) is 25.1 Å². The highest BCUT2D eigenvalue weighted by molar-refractivity contribution is 6.09. The summed E-state index contributed by atoms with van der Waals surface area (Å²) in [7, 11) is 0. The van der Waals surface area contributed by atoms with E-state index >= 15 is 0 Å². The Kier molecular flexibility index (Phi) is 4.97. The molecule has 2 aromatic rings. The molecule has 1 saturated heterocycles. The van der Waals surface area contributed by atoms with Crippen molar-refractivity contribution in [3.05, 3.63) is 64.5 Å². The van der Waals surface area contributed by atoms with Gasteiger partial charge in [-0.15, -0.1) is 0 Å². The highest BCUT2D eigenvalue weighted by Crippen LogP contribution is 2.56. The van der Waals surface area contributed by atoms with Crippen LogP contribution in [0.25, 0.3) is 0 Å². The van der Waals surface area contributed by atoms with Crippen LogP contribution in [0.15, 0.2) is 36.4 Å². The molecule has 2 heterocycles. The first-order valence-electron chi connectivity index (χ1n) is 10.6. The highest BCUT2D eigenvalue weighted by atomic mass is 19.1. The lowest BCUT2D eigenvalue weighted by Crippen LogP contribution is -2.49. The Balaban J connectivity index is 2.01. The lowest BCUT2D eigenvalue weighted by atomic mass is 9.62. The minimum absolute atomic E-state index is 0.144. The van der Waals surface area contributed by atoms with Gasteiger partial charge in [-0.05, 0) is 60.1 Å². The Bertz CT molecular complexity index is 1070. The quantitative estimate of drug-likeness (QED) is 0.687. The van der Waals surface area contributed by atoms with Crippen LogP contribution in [-0.2, 0) is 15.0 Å². The number of aliphatic carboxylic acids is 1. The van der Waals surface area contributed by atoms with Gasteiger partial charge in [0.2, 0.25) is 5.91 Å². The van der Waals surface area contributed by atoms with Gasteiger partial charge in [0.25, 0.3) is 0 Å². The molecule has 1 spiro atoms. The van der Waals surface area contributed by atoms with Crippen molar-refractivity contribution in [2.45, 2.75) is 64.5 Å². The molecule has 5 nitrogen and oxygen atoms in total. The number of aryl methyl sites for hydroxylation is 2. The van der Waals surface area contributed by atoms with Crippen LogP contribution in [0.3, 0.4) is 0 Å². The Morgan fingerprint density at radius 3 is 2.48 bits per heavy atom. The molecule has 2 aromatic carbocycles. The number of hydrogen-bond donors (Lipinski definition) is 3. The van der Waals surface area contributed by atoms with Crippen molar-refractivity contribution < 1.29 is 19.1 Å². The van der Waals surface area contributed by atoms with E-state index in [4.69, 9.17) is 0 Å². The van der Waals surface area contributed by atoms with Gasteiger partial charge in [-0.3, -0.25) is 14.9 Å². The van der Waals surface area contributed by atoms with Crippen molar-refractivity contribution in [2.75, 3.05) is 5.32 Å². The zero-order chi connectivity index (χ0) is 22.7. The summed E-state index contributed by atoms with van der Waals surface area (Å²) in [6, 6.07) is 9.10. The van der Waals surface area contributed by atoms with Gasteiger partial charge in [-0.2, -0.15) is 0 Å². The zero-order valence-corrected chi connectivity index (χ0v) is 18.5. The van der Waals surface area contributed by atoms with E-state index in [-0.39, 0.29) is 17.1 Å². The summed E-state index contributed by atoms with van der Waals surface area (Å²) >= 11 is 0. The second-order valence-electron chi connectivity index (χ2n) is 10.2. The number of anilines is 1. The highest BCUT2D eigenvalue weighted by Gasteiger charge is 2.65. The summed E-state index contributed by atoms with van der Waals surface area (Å²) in [5.41, 5.74) is 2.37. The summed E-state index contributed by atoms with van der Waals surface area (Å²) in [6.07, 6.45) is 0.605. The molecule has 0 bridgehead atoms. The van der Waals surface area contributed by atoms with E-state index in [1.54, 1.807) is 19.1 Å². The average Bonchev–Trinajstić information content (AvgIpc) is 3.12. The van der Waals surface area contributed by atoms with Gasteiger partial charge in [-0.1, -0.05) is 45.0 Å². The summed E-state index contributed by atoms with van der Waals surface area (Å²) in [5.74, 6) is -2.25. The van der Waals surface area contributed by atoms with Gasteiger partial charge in [0.15, 0.2) is 0 Å². The Morgan fingerprint density at radius 1 is 1.16 bits per heavy atom. The van der Waals surface area contributed by atoms with Gasteiger partial charge in [0.1, 0.15) is 17.3 Å². The molecule has 3 N–H and O–H groups in total. The smallest absolute Gasteiger partial charge is 0.321 e. The third kappa shape index (κ3) is 3.33. The molecular formula is C25H29FN2O3.